The molecule has 0 aliphatic heterocycles. The Hall–Kier alpha value is -0.780. The first-order valence-electron chi connectivity index (χ1n) is 7.15. The van der Waals surface area contributed by atoms with Gasteiger partial charge in [-0.2, -0.15) is 0 Å². The molecule has 0 saturated carbocycles. The van der Waals surface area contributed by atoms with E-state index in [1.165, 1.54) is 0 Å². The third-order valence-corrected chi connectivity index (χ3v) is 4.43. The van der Waals surface area contributed by atoms with Gasteiger partial charge in [0.1, 0.15) is 12.4 Å². The van der Waals surface area contributed by atoms with Gasteiger partial charge in [0.2, 0.25) is 0 Å². The quantitative estimate of drug-likeness (QED) is 0.607. The van der Waals surface area contributed by atoms with Crippen molar-refractivity contribution in [3.05, 3.63) is 62.0 Å². The average molecular weight is 419 g/mol. The van der Waals surface area contributed by atoms with E-state index in [1.54, 1.807) is 13.2 Å². The Morgan fingerprint density at radius 3 is 2.65 bits per heavy atom. The van der Waals surface area contributed by atoms with Gasteiger partial charge in [-0.05, 0) is 35.9 Å². The number of hydrogen-bond acceptors (Lipinski definition) is 3. The second kappa shape index (κ2) is 9.50. The van der Waals surface area contributed by atoms with Crippen LogP contribution in [0.25, 0.3) is 0 Å². The van der Waals surface area contributed by atoms with Gasteiger partial charge in [-0.25, -0.2) is 0 Å². The molecule has 3 nitrogen and oxygen atoms in total. The zero-order chi connectivity index (χ0) is 16.7. The van der Waals surface area contributed by atoms with Crippen molar-refractivity contribution < 1.29 is 9.47 Å². The largest absolute Gasteiger partial charge is 0.489 e. The zero-order valence-corrected chi connectivity index (χ0v) is 15.8. The van der Waals surface area contributed by atoms with Crippen LogP contribution < -0.4 is 10.1 Å². The fourth-order valence-corrected chi connectivity index (χ4v) is 2.74. The first-order chi connectivity index (χ1) is 11.1. The standard InChI is InChI=1S/C17H18BrCl2NO2/c1-22-7-6-21-10-13-9-14(18)3-5-17(13)23-11-12-2-4-15(19)16(20)8-12/h2-5,8-9,21H,6-7,10-11H2,1H3. The van der Waals surface area contributed by atoms with Gasteiger partial charge in [0, 0.05) is 30.2 Å². The molecule has 0 radical (unpaired) electrons. The molecule has 0 spiro atoms. The minimum atomic E-state index is 0.434. The van der Waals surface area contributed by atoms with Crippen molar-refractivity contribution in [1.29, 1.82) is 0 Å². The van der Waals surface area contributed by atoms with Gasteiger partial charge in [0.05, 0.1) is 16.7 Å². The molecule has 0 unspecified atom stereocenters. The van der Waals surface area contributed by atoms with Crippen molar-refractivity contribution in [1.82, 2.24) is 5.32 Å². The van der Waals surface area contributed by atoms with Crippen LogP contribution in [0.4, 0.5) is 0 Å². The van der Waals surface area contributed by atoms with Crippen molar-refractivity contribution in [3.63, 3.8) is 0 Å². The van der Waals surface area contributed by atoms with Gasteiger partial charge in [0.25, 0.3) is 0 Å². The van der Waals surface area contributed by atoms with E-state index in [4.69, 9.17) is 32.7 Å². The number of benzene rings is 2. The van der Waals surface area contributed by atoms with Crippen molar-refractivity contribution in [2.45, 2.75) is 13.2 Å². The Balaban J connectivity index is 2.01. The molecule has 1 N–H and O–H groups in total. The summed E-state index contributed by atoms with van der Waals surface area (Å²) in [6.07, 6.45) is 0. The number of nitrogens with one attached hydrogen (secondary N) is 1. The molecule has 6 heteroatoms. The second-order valence-electron chi connectivity index (χ2n) is 4.96. The van der Waals surface area contributed by atoms with Crippen LogP contribution in [0.5, 0.6) is 5.75 Å². The fraction of sp³-hybridized carbons (Fsp3) is 0.294. The normalized spacial score (nSPS) is 10.8. The van der Waals surface area contributed by atoms with Crippen LogP contribution in [0.15, 0.2) is 40.9 Å². The SMILES string of the molecule is COCCNCc1cc(Br)ccc1OCc1ccc(Cl)c(Cl)c1. The van der Waals surface area contributed by atoms with E-state index in [2.05, 4.69) is 21.2 Å². The van der Waals surface area contributed by atoms with Gasteiger partial charge < -0.3 is 14.8 Å². The number of methoxy groups -OCH3 is 1. The highest BCUT2D eigenvalue weighted by Gasteiger charge is 2.06. The molecule has 0 fully saturated rings. The minimum absolute atomic E-state index is 0.434. The Bertz CT molecular complexity index is 652. The second-order valence-corrected chi connectivity index (χ2v) is 6.69. The first kappa shape index (κ1) is 18.6. The maximum Gasteiger partial charge on any atom is 0.124 e. The van der Waals surface area contributed by atoms with Gasteiger partial charge in [-0.15, -0.1) is 0 Å². The summed E-state index contributed by atoms with van der Waals surface area (Å²) in [6.45, 7) is 2.60. The molecule has 0 amide bonds. The summed E-state index contributed by atoms with van der Waals surface area (Å²) >= 11 is 15.4. The summed E-state index contributed by atoms with van der Waals surface area (Å²) in [5.41, 5.74) is 2.05. The highest BCUT2D eigenvalue weighted by atomic mass is 79.9. The Morgan fingerprint density at radius 1 is 1.09 bits per heavy atom. The summed E-state index contributed by atoms with van der Waals surface area (Å²) in [5.74, 6) is 0.837. The van der Waals surface area contributed by atoms with Crippen LogP contribution in [0.3, 0.4) is 0 Å². The van der Waals surface area contributed by atoms with Gasteiger partial charge in [-0.3, -0.25) is 0 Å². The molecule has 0 heterocycles. The molecule has 0 atom stereocenters. The van der Waals surface area contributed by atoms with Crippen LogP contribution >= 0.6 is 39.1 Å². The smallest absolute Gasteiger partial charge is 0.124 e. The van der Waals surface area contributed by atoms with Crippen molar-refractivity contribution in [3.8, 4) is 5.75 Å². The Labute approximate surface area is 155 Å². The molecule has 0 aliphatic rings. The van der Waals surface area contributed by atoms with E-state index in [0.29, 0.717) is 29.8 Å². The molecule has 124 valence electrons. The fourth-order valence-electron chi connectivity index (χ4n) is 2.01. The maximum atomic E-state index is 6.03. The van der Waals surface area contributed by atoms with E-state index in [-0.39, 0.29) is 0 Å². The maximum absolute atomic E-state index is 6.03. The van der Waals surface area contributed by atoms with Crippen molar-refractivity contribution in [2.75, 3.05) is 20.3 Å². The number of halogens is 3. The van der Waals surface area contributed by atoms with Gasteiger partial charge in [-0.1, -0.05) is 45.2 Å². The lowest BCUT2D eigenvalue weighted by Crippen LogP contribution is -2.19. The molecule has 2 aromatic rings. The Morgan fingerprint density at radius 2 is 1.91 bits per heavy atom. The highest BCUT2D eigenvalue weighted by Crippen LogP contribution is 2.26. The van der Waals surface area contributed by atoms with E-state index in [0.717, 1.165) is 27.9 Å². The van der Waals surface area contributed by atoms with Crippen molar-refractivity contribution in [2.24, 2.45) is 0 Å². The van der Waals surface area contributed by atoms with E-state index in [1.807, 2.05) is 30.3 Å². The molecular weight excluding hydrogens is 401 g/mol. The lowest BCUT2D eigenvalue weighted by molar-refractivity contribution is 0.199. The molecule has 0 aromatic heterocycles. The van der Waals surface area contributed by atoms with Crippen LogP contribution in [0.2, 0.25) is 10.0 Å². The summed E-state index contributed by atoms with van der Waals surface area (Å²) in [4.78, 5) is 0. The molecular formula is C17H18BrCl2NO2. The van der Waals surface area contributed by atoms with Gasteiger partial charge >= 0.3 is 0 Å². The number of hydrogen-bond donors (Lipinski definition) is 1. The monoisotopic (exact) mass is 417 g/mol. The van der Waals surface area contributed by atoms with Crippen LogP contribution in [0, 0.1) is 0 Å². The summed E-state index contributed by atoms with van der Waals surface area (Å²) < 4.78 is 12.0. The summed E-state index contributed by atoms with van der Waals surface area (Å²) in [6, 6.07) is 11.5. The summed E-state index contributed by atoms with van der Waals surface area (Å²) in [7, 11) is 1.69. The Kier molecular flexibility index (Phi) is 7.66. The van der Waals surface area contributed by atoms with Gasteiger partial charge in [0.15, 0.2) is 0 Å². The average Bonchev–Trinajstić information content (AvgIpc) is 2.54. The third kappa shape index (κ3) is 5.98. The molecule has 0 saturated heterocycles. The first-order valence-corrected chi connectivity index (χ1v) is 8.70. The van der Waals surface area contributed by atoms with Crippen LogP contribution in [-0.4, -0.2) is 20.3 Å². The molecule has 2 aromatic carbocycles. The predicted octanol–water partition coefficient (Wildman–Crippen LogP) is 5.07. The van der Waals surface area contributed by atoms with E-state index >= 15 is 0 Å². The molecule has 2 rings (SSSR count). The minimum Gasteiger partial charge on any atom is -0.489 e. The lowest BCUT2D eigenvalue weighted by Gasteiger charge is -2.13. The lowest BCUT2D eigenvalue weighted by atomic mass is 10.2. The van der Waals surface area contributed by atoms with Crippen LogP contribution in [-0.2, 0) is 17.9 Å². The zero-order valence-electron chi connectivity index (χ0n) is 12.7. The van der Waals surface area contributed by atoms with Crippen molar-refractivity contribution >= 4 is 39.1 Å². The molecule has 0 bridgehead atoms. The number of ether oxygens (including phenoxy) is 2. The predicted molar refractivity (Wildman–Crippen MR) is 98.5 cm³/mol. The topological polar surface area (TPSA) is 30.5 Å². The van der Waals surface area contributed by atoms with E-state index < -0.39 is 0 Å². The van der Waals surface area contributed by atoms with Crippen LogP contribution in [0.1, 0.15) is 11.1 Å². The highest BCUT2D eigenvalue weighted by molar-refractivity contribution is 9.10. The molecule has 0 aliphatic carbocycles. The number of rotatable bonds is 8. The summed E-state index contributed by atoms with van der Waals surface area (Å²) in [5, 5.41) is 4.40. The third-order valence-electron chi connectivity index (χ3n) is 3.20. The van der Waals surface area contributed by atoms with E-state index in [9.17, 15) is 0 Å². The molecule has 23 heavy (non-hydrogen) atoms.